The Morgan fingerprint density at radius 3 is 2.71 bits per heavy atom. The lowest BCUT2D eigenvalue weighted by Crippen LogP contribution is -2.31. The third kappa shape index (κ3) is 3.07. The predicted molar refractivity (Wildman–Crippen MR) is 66.9 cm³/mol. The molecule has 1 aromatic heterocycles. The molecule has 0 saturated carbocycles. The van der Waals surface area contributed by atoms with Crippen LogP contribution in [0.15, 0.2) is 16.3 Å². The van der Waals surface area contributed by atoms with Gasteiger partial charge in [0.1, 0.15) is 15.2 Å². The van der Waals surface area contributed by atoms with Crippen LogP contribution in [-0.2, 0) is 10.0 Å². The highest BCUT2D eigenvalue weighted by atomic mass is 32.2. The molecule has 0 radical (unpaired) electrons. The monoisotopic (exact) mass is 268 g/mol. The van der Waals surface area contributed by atoms with E-state index in [9.17, 15) is 8.42 Å². The largest absolute Gasteiger partial charge is 0.253 e. The Morgan fingerprint density at radius 2 is 2.24 bits per heavy atom. The third-order valence-electron chi connectivity index (χ3n) is 2.03. The molecule has 1 aromatic rings. The van der Waals surface area contributed by atoms with E-state index in [1.807, 2.05) is 13.0 Å². The van der Waals surface area contributed by atoms with E-state index in [1.165, 1.54) is 16.4 Å². The number of thiophene rings is 1. The molecule has 0 aromatic carbocycles. The van der Waals surface area contributed by atoms with Crippen molar-refractivity contribution in [2.45, 2.75) is 17.6 Å². The first kappa shape index (κ1) is 13.7. The van der Waals surface area contributed by atoms with E-state index in [0.717, 1.165) is 11.3 Å². The van der Waals surface area contributed by atoms with Crippen molar-refractivity contribution < 1.29 is 8.42 Å². The molecule has 0 spiro atoms. The minimum atomic E-state index is -3.56. The minimum absolute atomic E-state index is 0.0515. The van der Waals surface area contributed by atoms with Crippen LogP contribution in [0.5, 0.6) is 0 Å². The normalized spacial score (nSPS) is 11.1. The third-order valence-corrected chi connectivity index (χ3v) is 5.33. The smallest absolute Gasteiger partial charge is 0.206 e. The molecule has 0 atom stereocenters. The Morgan fingerprint density at radius 1 is 1.53 bits per heavy atom. The first-order chi connectivity index (χ1) is 8.06. The van der Waals surface area contributed by atoms with Crippen LogP contribution in [0.25, 0.3) is 0 Å². The Balaban J connectivity index is 3.08. The molecule has 0 aliphatic rings. The summed E-state index contributed by atoms with van der Waals surface area (Å²) in [6, 6.07) is 4.86. The van der Waals surface area contributed by atoms with Crippen LogP contribution in [-0.4, -0.2) is 25.8 Å². The van der Waals surface area contributed by atoms with Crippen LogP contribution in [0.4, 0.5) is 0 Å². The lowest BCUT2D eigenvalue weighted by Gasteiger charge is -2.17. The second-order valence-electron chi connectivity index (χ2n) is 3.27. The van der Waals surface area contributed by atoms with Crippen molar-refractivity contribution in [2.75, 3.05) is 13.1 Å². The van der Waals surface area contributed by atoms with Crippen LogP contribution in [0.3, 0.4) is 0 Å². The van der Waals surface area contributed by atoms with Gasteiger partial charge in [-0.1, -0.05) is 12.8 Å². The molecule has 0 saturated heterocycles. The van der Waals surface area contributed by atoms with Gasteiger partial charge in [0, 0.05) is 6.54 Å². The second kappa shape index (κ2) is 5.83. The van der Waals surface area contributed by atoms with Gasteiger partial charge in [0.15, 0.2) is 0 Å². The van der Waals surface area contributed by atoms with Gasteiger partial charge in [-0.25, -0.2) is 8.42 Å². The number of hydrogen-bond acceptors (Lipinski definition) is 4. The van der Waals surface area contributed by atoms with E-state index in [0.29, 0.717) is 17.8 Å². The zero-order valence-corrected chi connectivity index (χ0v) is 11.0. The number of rotatable bonds is 5. The highest BCUT2D eigenvalue weighted by molar-refractivity contribution is 7.91. The van der Waals surface area contributed by atoms with Crippen molar-refractivity contribution in [1.29, 1.82) is 5.26 Å². The fraction of sp³-hybridized carbons (Fsp3) is 0.364. The number of nitriles is 1. The van der Waals surface area contributed by atoms with E-state index < -0.39 is 10.0 Å². The van der Waals surface area contributed by atoms with Crippen LogP contribution in [0, 0.1) is 23.7 Å². The fourth-order valence-corrected chi connectivity index (χ4v) is 3.98. The molecule has 1 heterocycles. The summed E-state index contributed by atoms with van der Waals surface area (Å²) < 4.78 is 25.8. The van der Waals surface area contributed by atoms with Crippen LogP contribution < -0.4 is 0 Å². The Kier molecular flexibility index (Phi) is 4.71. The average molecular weight is 268 g/mol. The molecule has 0 fully saturated rings. The van der Waals surface area contributed by atoms with Gasteiger partial charge < -0.3 is 0 Å². The summed E-state index contributed by atoms with van der Waals surface area (Å²) in [6.07, 6.45) is 5.85. The topological polar surface area (TPSA) is 61.2 Å². The summed E-state index contributed by atoms with van der Waals surface area (Å²) >= 11 is 0.961. The van der Waals surface area contributed by atoms with Crippen LogP contribution >= 0.6 is 11.3 Å². The standard InChI is InChI=1S/C11H12N2O2S2/c1-3-7-13(8-4-2)17(14,15)11-6-5-10(9-12)16-11/h1,5-6H,4,7-8H2,2H3. The summed E-state index contributed by atoms with van der Waals surface area (Å²) in [7, 11) is -3.56. The molecular weight excluding hydrogens is 256 g/mol. The molecule has 0 amide bonds. The van der Waals surface area contributed by atoms with Gasteiger partial charge in [-0.3, -0.25) is 0 Å². The lowest BCUT2D eigenvalue weighted by molar-refractivity contribution is 0.447. The highest BCUT2D eigenvalue weighted by Crippen LogP contribution is 2.24. The molecule has 6 heteroatoms. The Labute approximate surface area is 106 Å². The van der Waals surface area contributed by atoms with Gasteiger partial charge in [-0.2, -0.15) is 9.57 Å². The number of nitrogens with zero attached hydrogens (tertiary/aromatic N) is 2. The van der Waals surface area contributed by atoms with E-state index in [1.54, 1.807) is 0 Å². The fourth-order valence-electron chi connectivity index (χ4n) is 1.28. The highest BCUT2D eigenvalue weighted by Gasteiger charge is 2.24. The number of hydrogen-bond donors (Lipinski definition) is 0. The van der Waals surface area contributed by atoms with Crippen LogP contribution in [0.2, 0.25) is 0 Å². The van der Waals surface area contributed by atoms with E-state index >= 15 is 0 Å². The SMILES string of the molecule is C#CCN(CCC)S(=O)(=O)c1ccc(C#N)s1. The van der Waals surface area contributed by atoms with Gasteiger partial charge in [0.2, 0.25) is 0 Å². The van der Waals surface area contributed by atoms with Crippen molar-refractivity contribution >= 4 is 21.4 Å². The molecule has 0 bridgehead atoms. The minimum Gasteiger partial charge on any atom is -0.206 e. The average Bonchev–Trinajstić information content (AvgIpc) is 2.78. The van der Waals surface area contributed by atoms with E-state index in [2.05, 4.69) is 5.92 Å². The summed E-state index contributed by atoms with van der Waals surface area (Å²) in [5.41, 5.74) is 0. The van der Waals surface area contributed by atoms with Crippen molar-refractivity contribution in [3.05, 3.63) is 17.0 Å². The van der Waals surface area contributed by atoms with Gasteiger partial charge >= 0.3 is 0 Å². The summed E-state index contributed by atoms with van der Waals surface area (Å²) in [4.78, 5) is 0.376. The summed E-state index contributed by atoms with van der Waals surface area (Å²) in [6.45, 7) is 2.32. The molecule has 4 nitrogen and oxygen atoms in total. The second-order valence-corrected chi connectivity index (χ2v) is 6.52. The summed E-state index contributed by atoms with van der Waals surface area (Å²) in [5.74, 6) is 2.34. The first-order valence-corrected chi connectivity index (χ1v) is 7.25. The van der Waals surface area contributed by atoms with Gasteiger partial charge in [-0.15, -0.1) is 17.8 Å². The molecule has 1 rings (SSSR count). The van der Waals surface area contributed by atoms with Gasteiger partial charge in [-0.05, 0) is 18.6 Å². The first-order valence-electron chi connectivity index (χ1n) is 4.99. The Hall–Kier alpha value is -1.34. The molecule has 0 aliphatic heterocycles. The zero-order valence-electron chi connectivity index (χ0n) is 9.38. The maximum Gasteiger partial charge on any atom is 0.253 e. The molecule has 17 heavy (non-hydrogen) atoms. The van der Waals surface area contributed by atoms with E-state index in [-0.39, 0.29) is 10.8 Å². The summed E-state index contributed by atoms with van der Waals surface area (Å²) in [5, 5.41) is 8.68. The van der Waals surface area contributed by atoms with Crippen molar-refractivity contribution in [3.8, 4) is 18.4 Å². The van der Waals surface area contributed by atoms with Crippen molar-refractivity contribution in [1.82, 2.24) is 4.31 Å². The maximum atomic E-state index is 12.2. The molecule has 90 valence electrons. The van der Waals surface area contributed by atoms with E-state index in [4.69, 9.17) is 11.7 Å². The Bertz CT molecular complexity index is 561. The maximum absolute atomic E-state index is 12.2. The lowest BCUT2D eigenvalue weighted by atomic mass is 10.5. The molecule has 0 unspecified atom stereocenters. The van der Waals surface area contributed by atoms with Gasteiger partial charge in [0.25, 0.3) is 10.0 Å². The molecular formula is C11H12N2O2S2. The van der Waals surface area contributed by atoms with Crippen LogP contribution in [0.1, 0.15) is 18.2 Å². The quantitative estimate of drug-likeness (QED) is 0.763. The van der Waals surface area contributed by atoms with Gasteiger partial charge in [0.05, 0.1) is 6.54 Å². The van der Waals surface area contributed by atoms with Crippen molar-refractivity contribution in [2.24, 2.45) is 0 Å². The number of terminal acetylenes is 1. The number of sulfonamides is 1. The molecule has 0 N–H and O–H groups in total. The molecule has 0 aliphatic carbocycles. The zero-order chi connectivity index (χ0) is 12.9. The van der Waals surface area contributed by atoms with Crippen molar-refractivity contribution in [3.63, 3.8) is 0 Å². The predicted octanol–water partition coefficient (Wildman–Crippen LogP) is 1.65.